The molecule has 1 aliphatic carbocycles. The fourth-order valence-corrected chi connectivity index (χ4v) is 2.17. The van der Waals surface area contributed by atoms with Crippen LogP contribution in [-0.4, -0.2) is 50.1 Å². The molecule has 1 atom stereocenters. The van der Waals surface area contributed by atoms with Crippen LogP contribution >= 0.6 is 0 Å². The maximum atomic E-state index is 4.27. The van der Waals surface area contributed by atoms with Crippen LogP contribution in [0.3, 0.4) is 0 Å². The van der Waals surface area contributed by atoms with E-state index in [9.17, 15) is 0 Å². The van der Waals surface area contributed by atoms with Crippen LogP contribution in [0.25, 0.3) is 0 Å². The summed E-state index contributed by atoms with van der Waals surface area (Å²) in [6, 6.07) is 1.37. The van der Waals surface area contributed by atoms with E-state index >= 15 is 0 Å². The molecule has 4 heteroatoms. The Morgan fingerprint density at radius 2 is 1.95 bits per heavy atom. The number of hydrogen-bond acceptors (Lipinski definition) is 2. The fourth-order valence-electron chi connectivity index (χ4n) is 2.17. The lowest BCUT2D eigenvalue weighted by atomic mass is 10.1. The summed E-state index contributed by atoms with van der Waals surface area (Å²) in [5.41, 5.74) is 0. The van der Waals surface area contributed by atoms with E-state index in [0.29, 0.717) is 6.04 Å². The molecule has 0 heterocycles. The van der Waals surface area contributed by atoms with Crippen LogP contribution in [0.1, 0.15) is 46.5 Å². The minimum absolute atomic E-state index is 0.557. The molecular formula is C15H32N4. The third-order valence-corrected chi connectivity index (χ3v) is 3.86. The molecule has 0 aromatic heterocycles. The molecular weight excluding hydrogens is 236 g/mol. The summed E-state index contributed by atoms with van der Waals surface area (Å²) in [5.74, 6) is 1.71. The topological polar surface area (TPSA) is 39.7 Å². The summed E-state index contributed by atoms with van der Waals surface area (Å²) >= 11 is 0. The molecule has 0 aromatic carbocycles. The van der Waals surface area contributed by atoms with E-state index in [2.05, 4.69) is 48.3 Å². The van der Waals surface area contributed by atoms with Gasteiger partial charge in [0.15, 0.2) is 5.96 Å². The van der Waals surface area contributed by atoms with E-state index < -0.39 is 0 Å². The Kier molecular flexibility index (Phi) is 7.21. The third-order valence-electron chi connectivity index (χ3n) is 3.86. The number of nitrogens with zero attached hydrogens (tertiary/aromatic N) is 2. The Balaban J connectivity index is 2.13. The predicted molar refractivity (Wildman–Crippen MR) is 83.7 cm³/mol. The van der Waals surface area contributed by atoms with Gasteiger partial charge in [-0.15, -0.1) is 0 Å². The number of guanidine groups is 1. The van der Waals surface area contributed by atoms with Crippen molar-refractivity contribution in [2.45, 2.75) is 58.5 Å². The van der Waals surface area contributed by atoms with Crippen LogP contribution in [0, 0.1) is 5.92 Å². The molecule has 0 spiro atoms. The van der Waals surface area contributed by atoms with Crippen LogP contribution < -0.4 is 10.6 Å². The summed E-state index contributed by atoms with van der Waals surface area (Å²) in [6.07, 6.45) is 5.20. The second-order valence-electron chi connectivity index (χ2n) is 6.16. The first-order valence-corrected chi connectivity index (χ1v) is 7.71. The van der Waals surface area contributed by atoms with Crippen molar-refractivity contribution in [3.63, 3.8) is 0 Å². The van der Waals surface area contributed by atoms with Crippen molar-refractivity contribution in [2.24, 2.45) is 10.9 Å². The van der Waals surface area contributed by atoms with E-state index in [0.717, 1.165) is 31.0 Å². The number of likely N-dealkylation sites (N-methyl/N-ethyl adjacent to an activating group) is 1. The van der Waals surface area contributed by atoms with Gasteiger partial charge < -0.3 is 10.6 Å². The van der Waals surface area contributed by atoms with Gasteiger partial charge in [-0.3, -0.25) is 9.89 Å². The molecule has 1 aliphatic rings. The quantitative estimate of drug-likeness (QED) is 0.402. The first-order valence-electron chi connectivity index (χ1n) is 7.71. The normalized spacial score (nSPS) is 17.9. The maximum absolute atomic E-state index is 4.27. The van der Waals surface area contributed by atoms with Crippen LogP contribution in [0.4, 0.5) is 0 Å². The molecule has 1 fully saturated rings. The average molecular weight is 268 g/mol. The number of nitrogens with one attached hydrogen (secondary N) is 2. The van der Waals surface area contributed by atoms with Gasteiger partial charge >= 0.3 is 0 Å². The molecule has 19 heavy (non-hydrogen) atoms. The van der Waals surface area contributed by atoms with Gasteiger partial charge in [0.1, 0.15) is 0 Å². The van der Waals surface area contributed by atoms with Gasteiger partial charge in [0.25, 0.3) is 0 Å². The van der Waals surface area contributed by atoms with Crippen molar-refractivity contribution in [1.82, 2.24) is 15.5 Å². The van der Waals surface area contributed by atoms with Gasteiger partial charge in [-0.2, -0.15) is 0 Å². The lowest BCUT2D eigenvalue weighted by molar-refractivity contribution is 0.247. The molecule has 0 aliphatic heterocycles. The van der Waals surface area contributed by atoms with Gasteiger partial charge in [0, 0.05) is 32.2 Å². The average Bonchev–Trinajstić information content (AvgIpc) is 3.20. The number of rotatable bonds is 8. The highest BCUT2D eigenvalue weighted by Gasteiger charge is 2.28. The molecule has 1 rings (SSSR count). The molecule has 0 radical (unpaired) electrons. The molecule has 0 aromatic rings. The lowest BCUT2D eigenvalue weighted by Gasteiger charge is -2.25. The summed E-state index contributed by atoms with van der Waals surface area (Å²) < 4.78 is 0. The first kappa shape index (κ1) is 16.3. The minimum Gasteiger partial charge on any atom is -0.356 e. The Morgan fingerprint density at radius 3 is 2.47 bits per heavy atom. The summed E-state index contributed by atoms with van der Waals surface area (Å²) in [5, 5.41) is 6.80. The van der Waals surface area contributed by atoms with E-state index in [1.165, 1.54) is 25.7 Å². The Hall–Kier alpha value is -0.770. The summed E-state index contributed by atoms with van der Waals surface area (Å²) in [7, 11) is 4.07. The van der Waals surface area contributed by atoms with E-state index in [4.69, 9.17) is 0 Å². The molecule has 4 nitrogen and oxygen atoms in total. The van der Waals surface area contributed by atoms with Crippen LogP contribution in [0.2, 0.25) is 0 Å². The number of hydrogen-bond donors (Lipinski definition) is 2. The van der Waals surface area contributed by atoms with Gasteiger partial charge in [-0.1, -0.05) is 13.8 Å². The van der Waals surface area contributed by atoms with Gasteiger partial charge in [0.2, 0.25) is 0 Å². The smallest absolute Gasteiger partial charge is 0.191 e. The highest BCUT2D eigenvalue weighted by molar-refractivity contribution is 5.79. The van der Waals surface area contributed by atoms with Gasteiger partial charge in [-0.25, -0.2) is 0 Å². The van der Waals surface area contributed by atoms with Crippen molar-refractivity contribution in [3.05, 3.63) is 0 Å². The molecule has 2 N–H and O–H groups in total. The van der Waals surface area contributed by atoms with Crippen LogP contribution in [-0.2, 0) is 0 Å². The van der Waals surface area contributed by atoms with Crippen molar-refractivity contribution < 1.29 is 0 Å². The van der Waals surface area contributed by atoms with Crippen molar-refractivity contribution in [3.8, 4) is 0 Å². The molecule has 0 amide bonds. The maximum Gasteiger partial charge on any atom is 0.191 e. The standard InChI is InChI=1S/C15H32N4/c1-12(2)7-6-10-17-15(16-4)18-11-13(3)19(5)14-8-9-14/h12-14H,6-11H2,1-5H3,(H2,16,17,18). The van der Waals surface area contributed by atoms with Crippen LogP contribution in [0.15, 0.2) is 4.99 Å². The number of aliphatic imine (C=N–C) groups is 1. The fraction of sp³-hybridized carbons (Fsp3) is 0.933. The first-order chi connectivity index (χ1) is 9.04. The highest BCUT2D eigenvalue weighted by Crippen LogP contribution is 2.26. The molecule has 0 bridgehead atoms. The van der Waals surface area contributed by atoms with Crippen LogP contribution in [0.5, 0.6) is 0 Å². The largest absolute Gasteiger partial charge is 0.356 e. The SMILES string of the molecule is CN=C(NCCCC(C)C)NCC(C)N(C)C1CC1. The molecule has 112 valence electrons. The van der Waals surface area contributed by atoms with Gasteiger partial charge in [0.05, 0.1) is 0 Å². The molecule has 0 saturated heterocycles. The lowest BCUT2D eigenvalue weighted by Crippen LogP contribution is -2.45. The molecule has 1 saturated carbocycles. The minimum atomic E-state index is 0.557. The Bertz CT molecular complexity index is 271. The summed E-state index contributed by atoms with van der Waals surface area (Å²) in [6.45, 7) is 8.77. The second kappa shape index (κ2) is 8.41. The summed E-state index contributed by atoms with van der Waals surface area (Å²) in [4.78, 5) is 6.74. The Labute approximate surface area is 119 Å². The van der Waals surface area contributed by atoms with E-state index in [1.807, 2.05) is 7.05 Å². The Morgan fingerprint density at radius 1 is 1.26 bits per heavy atom. The zero-order valence-electron chi connectivity index (χ0n) is 13.4. The van der Waals surface area contributed by atoms with Gasteiger partial charge in [-0.05, 0) is 45.6 Å². The van der Waals surface area contributed by atoms with Crippen molar-refractivity contribution in [1.29, 1.82) is 0 Å². The third kappa shape index (κ3) is 6.81. The highest BCUT2D eigenvalue weighted by atomic mass is 15.2. The van der Waals surface area contributed by atoms with E-state index in [-0.39, 0.29) is 0 Å². The predicted octanol–water partition coefficient (Wildman–Crippen LogP) is 2.07. The zero-order chi connectivity index (χ0) is 14.3. The van der Waals surface area contributed by atoms with E-state index in [1.54, 1.807) is 0 Å². The van der Waals surface area contributed by atoms with Crippen molar-refractivity contribution in [2.75, 3.05) is 27.2 Å². The monoisotopic (exact) mass is 268 g/mol. The molecule has 1 unspecified atom stereocenters. The van der Waals surface area contributed by atoms with Crippen molar-refractivity contribution >= 4 is 5.96 Å². The zero-order valence-corrected chi connectivity index (χ0v) is 13.4. The second-order valence-corrected chi connectivity index (χ2v) is 6.16.